The first-order valence-corrected chi connectivity index (χ1v) is 10.9. The molecule has 0 aliphatic rings. The van der Waals surface area contributed by atoms with E-state index in [2.05, 4.69) is 9.71 Å². The minimum absolute atomic E-state index is 0.0842. The van der Waals surface area contributed by atoms with Crippen LogP contribution in [0.15, 0.2) is 58.8 Å². The summed E-state index contributed by atoms with van der Waals surface area (Å²) in [6.45, 7) is 0.399. The van der Waals surface area contributed by atoms with E-state index >= 15 is 0 Å². The number of hydrogen-bond donors (Lipinski definition) is 2. The SMILES string of the molecule is Cc1nc(-c2cccc(NS(=O)(=O)c3ccc(C(=O)NCC(F)(F)F)cc3)c2)cs1. The predicted octanol–water partition coefficient (Wildman–Crippen LogP) is 4.21. The Morgan fingerprint density at radius 1 is 1.13 bits per heavy atom. The van der Waals surface area contributed by atoms with Crippen molar-refractivity contribution in [3.63, 3.8) is 0 Å². The van der Waals surface area contributed by atoms with Gasteiger partial charge in [-0.1, -0.05) is 12.1 Å². The summed E-state index contributed by atoms with van der Waals surface area (Å²) in [5, 5.41) is 4.48. The van der Waals surface area contributed by atoms with E-state index in [1.807, 2.05) is 12.3 Å². The molecule has 158 valence electrons. The fraction of sp³-hybridized carbons (Fsp3) is 0.158. The molecule has 1 aromatic heterocycles. The number of hydrogen-bond acceptors (Lipinski definition) is 5. The largest absolute Gasteiger partial charge is 0.405 e. The molecule has 6 nitrogen and oxygen atoms in total. The third-order valence-electron chi connectivity index (χ3n) is 3.91. The van der Waals surface area contributed by atoms with E-state index in [1.54, 1.807) is 29.6 Å². The average Bonchev–Trinajstić information content (AvgIpc) is 3.12. The topological polar surface area (TPSA) is 88.2 Å². The first-order chi connectivity index (χ1) is 14.0. The molecule has 0 bridgehead atoms. The smallest absolute Gasteiger partial charge is 0.343 e. The molecule has 0 atom stereocenters. The summed E-state index contributed by atoms with van der Waals surface area (Å²) in [6, 6.07) is 11.3. The lowest BCUT2D eigenvalue weighted by Crippen LogP contribution is -2.33. The zero-order valence-electron chi connectivity index (χ0n) is 15.5. The number of carbonyl (C=O) groups excluding carboxylic acids is 1. The van der Waals surface area contributed by atoms with Gasteiger partial charge in [0.1, 0.15) is 6.54 Å². The lowest BCUT2D eigenvalue weighted by atomic mass is 10.1. The third-order valence-corrected chi connectivity index (χ3v) is 6.08. The van der Waals surface area contributed by atoms with E-state index in [0.717, 1.165) is 40.5 Å². The summed E-state index contributed by atoms with van der Waals surface area (Å²) < 4.78 is 64.3. The van der Waals surface area contributed by atoms with Gasteiger partial charge in [-0.3, -0.25) is 9.52 Å². The van der Waals surface area contributed by atoms with Crippen LogP contribution in [-0.2, 0) is 10.0 Å². The average molecular weight is 455 g/mol. The van der Waals surface area contributed by atoms with Gasteiger partial charge in [0, 0.05) is 22.2 Å². The molecule has 0 aliphatic heterocycles. The van der Waals surface area contributed by atoms with Crippen LogP contribution >= 0.6 is 11.3 Å². The second-order valence-electron chi connectivity index (χ2n) is 6.26. The number of benzene rings is 2. The fourth-order valence-electron chi connectivity index (χ4n) is 2.52. The Labute approximate surface area is 174 Å². The van der Waals surface area contributed by atoms with E-state index in [-0.39, 0.29) is 10.5 Å². The Hall–Kier alpha value is -2.92. The van der Waals surface area contributed by atoms with Gasteiger partial charge in [0.15, 0.2) is 0 Å². The van der Waals surface area contributed by atoms with Crippen LogP contribution in [0.5, 0.6) is 0 Å². The molecule has 0 spiro atoms. The maximum Gasteiger partial charge on any atom is 0.405 e. The van der Waals surface area contributed by atoms with E-state index in [0.29, 0.717) is 5.69 Å². The first-order valence-electron chi connectivity index (χ1n) is 8.54. The number of nitrogens with zero attached hydrogens (tertiary/aromatic N) is 1. The summed E-state index contributed by atoms with van der Waals surface area (Å²) in [4.78, 5) is 16.0. The highest BCUT2D eigenvalue weighted by Gasteiger charge is 2.28. The van der Waals surface area contributed by atoms with Gasteiger partial charge in [0.2, 0.25) is 0 Å². The zero-order chi connectivity index (χ0) is 21.9. The van der Waals surface area contributed by atoms with E-state index in [4.69, 9.17) is 0 Å². The molecule has 0 saturated carbocycles. The van der Waals surface area contributed by atoms with Crippen LogP contribution in [0.1, 0.15) is 15.4 Å². The summed E-state index contributed by atoms with van der Waals surface area (Å²) in [5.41, 5.74) is 1.72. The number of anilines is 1. The summed E-state index contributed by atoms with van der Waals surface area (Å²) in [6.07, 6.45) is -4.53. The van der Waals surface area contributed by atoms with Gasteiger partial charge in [0.05, 0.1) is 15.6 Å². The molecule has 0 saturated heterocycles. The van der Waals surface area contributed by atoms with Gasteiger partial charge >= 0.3 is 6.18 Å². The second kappa shape index (κ2) is 8.44. The molecule has 3 rings (SSSR count). The third kappa shape index (κ3) is 5.57. The normalized spacial score (nSPS) is 11.9. The fourth-order valence-corrected chi connectivity index (χ4v) is 4.19. The van der Waals surface area contributed by atoms with Crippen LogP contribution < -0.4 is 10.0 Å². The number of aromatic nitrogens is 1. The van der Waals surface area contributed by atoms with Crippen molar-refractivity contribution in [3.05, 3.63) is 64.5 Å². The number of sulfonamides is 1. The molecule has 3 aromatic rings. The Morgan fingerprint density at radius 3 is 2.43 bits per heavy atom. The van der Waals surface area contributed by atoms with Crippen molar-refractivity contribution in [1.82, 2.24) is 10.3 Å². The maximum atomic E-state index is 12.6. The van der Waals surface area contributed by atoms with Crippen LogP contribution in [0, 0.1) is 6.92 Å². The van der Waals surface area contributed by atoms with Gasteiger partial charge in [-0.15, -0.1) is 11.3 Å². The molecule has 0 radical (unpaired) electrons. The van der Waals surface area contributed by atoms with Crippen molar-refractivity contribution in [2.24, 2.45) is 0 Å². The number of amides is 1. The monoisotopic (exact) mass is 455 g/mol. The molecule has 0 unspecified atom stereocenters. The van der Waals surface area contributed by atoms with Crippen LogP contribution in [-0.4, -0.2) is 32.0 Å². The van der Waals surface area contributed by atoms with E-state index < -0.39 is 28.7 Å². The number of thiazole rings is 1. The predicted molar refractivity (Wildman–Crippen MR) is 108 cm³/mol. The van der Waals surface area contributed by atoms with E-state index in [1.165, 1.54) is 11.3 Å². The van der Waals surface area contributed by atoms with E-state index in [9.17, 15) is 26.4 Å². The van der Waals surface area contributed by atoms with Crippen molar-refractivity contribution in [3.8, 4) is 11.3 Å². The lowest BCUT2D eigenvalue weighted by Gasteiger charge is -2.11. The van der Waals surface area contributed by atoms with Crippen LogP contribution in [0.2, 0.25) is 0 Å². The van der Waals surface area contributed by atoms with Gasteiger partial charge in [-0.05, 0) is 43.3 Å². The highest BCUT2D eigenvalue weighted by molar-refractivity contribution is 7.92. The van der Waals surface area contributed by atoms with Crippen molar-refractivity contribution in [2.45, 2.75) is 18.0 Å². The number of alkyl halides is 3. The molecule has 0 fully saturated rings. The summed E-state index contributed by atoms with van der Waals surface area (Å²) >= 11 is 1.48. The Bertz CT molecular complexity index is 1160. The minimum atomic E-state index is -4.53. The van der Waals surface area contributed by atoms with Crippen molar-refractivity contribution in [2.75, 3.05) is 11.3 Å². The molecule has 1 heterocycles. The molecular weight excluding hydrogens is 439 g/mol. The summed E-state index contributed by atoms with van der Waals surface area (Å²) in [5.74, 6) is -0.949. The molecule has 0 aliphatic carbocycles. The maximum absolute atomic E-state index is 12.6. The van der Waals surface area contributed by atoms with Crippen molar-refractivity contribution in [1.29, 1.82) is 0 Å². The molecule has 1 amide bonds. The minimum Gasteiger partial charge on any atom is -0.343 e. The van der Waals surface area contributed by atoms with Crippen LogP contribution in [0.25, 0.3) is 11.3 Å². The number of aryl methyl sites for hydroxylation is 1. The molecular formula is C19H16F3N3O3S2. The highest BCUT2D eigenvalue weighted by atomic mass is 32.2. The molecule has 30 heavy (non-hydrogen) atoms. The lowest BCUT2D eigenvalue weighted by molar-refractivity contribution is -0.123. The first kappa shape index (κ1) is 21.8. The molecule has 11 heteroatoms. The van der Waals surface area contributed by atoms with Crippen LogP contribution in [0.3, 0.4) is 0 Å². The second-order valence-corrected chi connectivity index (χ2v) is 9.00. The quantitative estimate of drug-likeness (QED) is 0.583. The summed E-state index contributed by atoms with van der Waals surface area (Å²) in [7, 11) is -3.96. The number of halogens is 3. The Kier molecular flexibility index (Phi) is 6.13. The molecule has 2 aromatic carbocycles. The zero-order valence-corrected chi connectivity index (χ0v) is 17.2. The molecule has 2 N–H and O–H groups in total. The Balaban J connectivity index is 1.74. The Morgan fingerprint density at radius 2 is 1.83 bits per heavy atom. The van der Waals surface area contributed by atoms with Crippen molar-refractivity contribution < 1.29 is 26.4 Å². The number of nitrogens with one attached hydrogen (secondary N) is 2. The number of carbonyl (C=O) groups is 1. The van der Waals surface area contributed by atoms with Gasteiger partial charge in [-0.2, -0.15) is 13.2 Å². The standard InChI is InChI=1S/C19H16F3N3O3S2/c1-12-24-17(10-29-12)14-3-2-4-15(9-14)25-30(27,28)16-7-5-13(6-8-16)18(26)23-11-19(20,21)22/h2-10,25H,11H2,1H3,(H,23,26). The van der Waals surface area contributed by atoms with Gasteiger partial charge in [-0.25, -0.2) is 13.4 Å². The van der Waals surface area contributed by atoms with Gasteiger partial charge in [0.25, 0.3) is 15.9 Å². The highest BCUT2D eigenvalue weighted by Crippen LogP contribution is 2.25. The number of rotatable bonds is 6. The van der Waals surface area contributed by atoms with Crippen molar-refractivity contribution >= 4 is 33.0 Å². The van der Waals surface area contributed by atoms with Gasteiger partial charge < -0.3 is 5.32 Å². The van der Waals surface area contributed by atoms with Crippen LogP contribution in [0.4, 0.5) is 18.9 Å².